The van der Waals surface area contributed by atoms with Gasteiger partial charge in [-0.05, 0) is 13.8 Å². The van der Waals surface area contributed by atoms with Crippen LogP contribution in [0.5, 0.6) is 0 Å². The number of ether oxygens (including phenoxy) is 4. The highest BCUT2D eigenvalue weighted by molar-refractivity contribution is 5.61. The molecule has 8 nitrogen and oxygen atoms in total. The van der Waals surface area contributed by atoms with Crippen molar-refractivity contribution in [3.8, 4) is 0 Å². The van der Waals surface area contributed by atoms with Gasteiger partial charge in [0.15, 0.2) is 17.9 Å². The van der Waals surface area contributed by atoms with Crippen molar-refractivity contribution in [1.29, 1.82) is 0 Å². The zero-order valence-corrected chi connectivity index (χ0v) is 12.7. The number of hydrogen-bond acceptors (Lipinski definition) is 7. The van der Waals surface area contributed by atoms with Crippen molar-refractivity contribution in [2.75, 3.05) is 28.4 Å². The van der Waals surface area contributed by atoms with E-state index in [4.69, 9.17) is 18.9 Å². The Morgan fingerprint density at radius 3 is 1.70 bits per heavy atom. The number of hydrogen-bond donors (Lipinski definition) is 0. The standard InChI is InChI=1S/C12H22N4O4/c1-8(17-3)11-14-15-12(9(2)18-4)16(11)13-7-10(19-5)20-6/h7-10H,1-6H3/b13-7+/t8-,9-/m0/s1. The lowest BCUT2D eigenvalue weighted by molar-refractivity contribution is -0.0487. The molecule has 1 rings (SSSR count). The molecule has 1 aromatic heterocycles. The number of methoxy groups -OCH3 is 4. The summed E-state index contributed by atoms with van der Waals surface area (Å²) >= 11 is 0. The van der Waals surface area contributed by atoms with Crippen LogP contribution in [-0.2, 0) is 18.9 Å². The van der Waals surface area contributed by atoms with Gasteiger partial charge < -0.3 is 18.9 Å². The van der Waals surface area contributed by atoms with E-state index in [1.807, 2.05) is 13.8 Å². The van der Waals surface area contributed by atoms with Crippen LogP contribution in [0, 0.1) is 0 Å². The van der Waals surface area contributed by atoms with Crippen LogP contribution in [0.2, 0.25) is 0 Å². The summed E-state index contributed by atoms with van der Waals surface area (Å²) in [6.07, 6.45) is 0.469. The molecule has 0 bridgehead atoms. The summed E-state index contributed by atoms with van der Waals surface area (Å²) < 4.78 is 22.2. The van der Waals surface area contributed by atoms with E-state index in [0.29, 0.717) is 11.6 Å². The molecule has 0 aliphatic rings. The van der Waals surface area contributed by atoms with Gasteiger partial charge >= 0.3 is 0 Å². The highest BCUT2D eigenvalue weighted by Gasteiger charge is 2.21. The van der Waals surface area contributed by atoms with Crippen molar-refractivity contribution in [3.05, 3.63) is 11.6 Å². The Hall–Kier alpha value is -1.35. The third kappa shape index (κ3) is 3.83. The molecule has 1 aromatic rings. The molecular formula is C12H22N4O4. The summed E-state index contributed by atoms with van der Waals surface area (Å²) in [4.78, 5) is 0. The molecule has 0 N–H and O–H groups in total. The van der Waals surface area contributed by atoms with E-state index in [2.05, 4.69) is 15.3 Å². The van der Waals surface area contributed by atoms with Gasteiger partial charge in [-0.15, -0.1) is 10.2 Å². The highest BCUT2D eigenvalue weighted by atomic mass is 16.7. The summed E-state index contributed by atoms with van der Waals surface area (Å²) in [5.74, 6) is 1.15. The second-order valence-corrected chi connectivity index (χ2v) is 4.09. The van der Waals surface area contributed by atoms with Crippen LogP contribution in [0.3, 0.4) is 0 Å². The maximum absolute atomic E-state index is 5.26. The first-order chi connectivity index (χ1) is 9.58. The minimum Gasteiger partial charge on any atom is -0.374 e. The minimum absolute atomic E-state index is 0.249. The quantitative estimate of drug-likeness (QED) is 0.527. The van der Waals surface area contributed by atoms with Crippen LogP contribution in [0.25, 0.3) is 0 Å². The van der Waals surface area contributed by atoms with Crippen molar-refractivity contribution in [3.63, 3.8) is 0 Å². The van der Waals surface area contributed by atoms with Gasteiger partial charge in [-0.3, -0.25) is 0 Å². The molecule has 20 heavy (non-hydrogen) atoms. The van der Waals surface area contributed by atoms with E-state index in [0.717, 1.165) is 0 Å². The van der Waals surface area contributed by atoms with E-state index < -0.39 is 6.29 Å². The topological polar surface area (TPSA) is 80.0 Å². The maximum atomic E-state index is 5.26. The normalized spacial score (nSPS) is 15.2. The molecule has 0 amide bonds. The molecule has 0 aliphatic heterocycles. The smallest absolute Gasteiger partial charge is 0.195 e. The summed E-state index contributed by atoms with van der Waals surface area (Å²) in [6, 6.07) is 0. The summed E-state index contributed by atoms with van der Waals surface area (Å²) in [5.41, 5.74) is 0. The van der Waals surface area contributed by atoms with Gasteiger partial charge in [0.1, 0.15) is 12.2 Å². The molecule has 114 valence electrons. The van der Waals surface area contributed by atoms with E-state index in [9.17, 15) is 0 Å². The summed E-state index contributed by atoms with van der Waals surface area (Å²) in [7, 11) is 6.26. The first-order valence-corrected chi connectivity index (χ1v) is 6.19. The van der Waals surface area contributed by atoms with E-state index >= 15 is 0 Å². The molecule has 0 saturated carbocycles. The van der Waals surface area contributed by atoms with Crippen molar-refractivity contribution < 1.29 is 18.9 Å². The van der Waals surface area contributed by atoms with Crippen LogP contribution in [0.15, 0.2) is 5.10 Å². The Balaban J connectivity index is 3.14. The lowest BCUT2D eigenvalue weighted by Crippen LogP contribution is -2.17. The third-order valence-corrected chi connectivity index (χ3v) is 2.89. The van der Waals surface area contributed by atoms with Crippen LogP contribution < -0.4 is 0 Å². The second-order valence-electron chi connectivity index (χ2n) is 4.09. The molecule has 8 heteroatoms. The van der Waals surface area contributed by atoms with E-state index in [-0.39, 0.29) is 12.2 Å². The molecular weight excluding hydrogens is 264 g/mol. The molecule has 2 atom stereocenters. The van der Waals surface area contributed by atoms with Crippen LogP contribution >= 0.6 is 0 Å². The zero-order valence-electron chi connectivity index (χ0n) is 12.7. The Morgan fingerprint density at radius 2 is 1.35 bits per heavy atom. The fourth-order valence-electron chi connectivity index (χ4n) is 1.48. The van der Waals surface area contributed by atoms with Gasteiger partial charge in [0.25, 0.3) is 0 Å². The molecule has 0 aromatic carbocycles. The molecule has 1 heterocycles. The largest absolute Gasteiger partial charge is 0.374 e. The van der Waals surface area contributed by atoms with Crippen molar-refractivity contribution >= 4 is 6.21 Å². The zero-order chi connectivity index (χ0) is 15.1. The summed E-state index contributed by atoms with van der Waals surface area (Å²) in [5, 5.41) is 12.5. The Bertz CT molecular complexity index is 404. The van der Waals surface area contributed by atoms with Gasteiger partial charge in [-0.2, -0.15) is 9.78 Å². The Labute approximate surface area is 118 Å². The molecule has 0 aliphatic carbocycles. The monoisotopic (exact) mass is 286 g/mol. The first-order valence-electron chi connectivity index (χ1n) is 6.19. The molecule has 0 fully saturated rings. The second kappa shape index (κ2) is 8.05. The number of nitrogens with zero attached hydrogens (tertiary/aromatic N) is 4. The van der Waals surface area contributed by atoms with Crippen molar-refractivity contribution in [2.45, 2.75) is 32.3 Å². The molecule has 0 spiro atoms. The average molecular weight is 286 g/mol. The Kier molecular flexibility index (Phi) is 6.73. The van der Waals surface area contributed by atoms with Crippen molar-refractivity contribution in [1.82, 2.24) is 14.9 Å². The number of aromatic nitrogens is 3. The van der Waals surface area contributed by atoms with Crippen LogP contribution in [0.4, 0.5) is 0 Å². The van der Waals surface area contributed by atoms with Crippen molar-refractivity contribution in [2.24, 2.45) is 5.10 Å². The maximum Gasteiger partial charge on any atom is 0.195 e. The van der Waals surface area contributed by atoms with Gasteiger partial charge in [-0.25, -0.2) is 0 Å². The van der Waals surface area contributed by atoms with E-state index in [1.54, 1.807) is 18.9 Å². The first kappa shape index (κ1) is 16.7. The van der Waals surface area contributed by atoms with Gasteiger partial charge in [0, 0.05) is 28.4 Å². The van der Waals surface area contributed by atoms with Gasteiger partial charge in [0.2, 0.25) is 0 Å². The summed E-state index contributed by atoms with van der Waals surface area (Å²) in [6.45, 7) is 3.73. The molecule has 0 saturated heterocycles. The highest BCUT2D eigenvalue weighted by Crippen LogP contribution is 2.20. The fourth-order valence-corrected chi connectivity index (χ4v) is 1.48. The predicted molar refractivity (Wildman–Crippen MR) is 72.6 cm³/mol. The third-order valence-electron chi connectivity index (χ3n) is 2.89. The van der Waals surface area contributed by atoms with Gasteiger partial charge in [-0.1, -0.05) is 0 Å². The Morgan fingerprint density at radius 1 is 0.900 bits per heavy atom. The average Bonchev–Trinajstić information content (AvgIpc) is 2.90. The van der Waals surface area contributed by atoms with Crippen LogP contribution in [0.1, 0.15) is 37.7 Å². The fraction of sp³-hybridized carbons (Fsp3) is 0.750. The number of rotatable bonds is 8. The molecule has 0 unspecified atom stereocenters. The lowest BCUT2D eigenvalue weighted by atomic mass is 10.3. The van der Waals surface area contributed by atoms with Gasteiger partial charge in [0.05, 0.1) is 6.21 Å². The minimum atomic E-state index is -0.547. The van der Waals surface area contributed by atoms with Crippen LogP contribution in [-0.4, -0.2) is 55.8 Å². The van der Waals surface area contributed by atoms with E-state index in [1.165, 1.54) is 20.4 Å². The SMILES string of the molecule is COC(/C=N/n1c([C@H](C)OC)nnc1[C@H](C)OC)OC. The lowest BCUT2D eigenvalue weighted by Gasteiger charge is -2.13. The predicted octanol–water partition coefficient (Wildman–Crippen LogP) is 1.15. The molecule has 0 radical (unpaired) electrons.